The number of pyridine rings is 1. The highest BCUT2D eigenvalue weighted by Crippen LogP contribution is 2.21. The van der Waals surface area contributed by atoms with E-state index < -0.39 is 0 Å². The van der Waals surface area contributed by atoms with Crippen LogP contribution in [0.3, 0.4) is 0 Å². The van der Waals surface area contributed by atoms with Gasteiger partial charge >= 0.3 is 0 Å². The second-order valence-corrected chi connectivity index (χ2v) is 4.68. The predicted molar refractivity (Wildman–Crippen MR) is 82.8 cm³/mol. The molecule has 106 valence electrons. The first kappa shape index (κ1) is 14.2. The van der Waals surface area contributed by atoms with E-state index in [1.165, 1.54) is 0 Å². The molecule has 0 fully saturated rings. The maximum Gasteiger partial charge on any atom is 0.225 e. The number of nitrogens with one attached hydrogen (secondary N) is 2. The van der Waals surface area contributed by atoms with Crippen molar-refractivity contribution in [1.29, 1.82) is 0 Å². The van der Waals surface area contributed by atoms with Crippen LogP contribution in [-0.2, 0) is 0 Å². The average molecular weight is 271 g/mol. The molecule has 0 saturated heterocycles. The van der Waals surface area contributed by atoms with Crippen molar-refractivity contribution in [2.75, 3.05) is 17.2 Å². The molecule has 20 heavy (non-hydrogen) atoms. The van der Waals surface area contributed by atoms with E-state index in [2.05, 4.69) is 46.4 Å². The van der Waals surface area contributed by atoms with Crippen molar-refractivity contribution in [3.63, 3.8) is 0 Å². The zero-order valence-corrected chi connectivity index (χ0v) is 12.2. The normalized spacial score (nSPS) is 11.9. The number of hydrogen-bond donors (Lipinski definition) is 2. The van der Waals surface area contributed by atoms with E-state index in [9.17, 15) is 0 Å². The molecule has 2 aromatic rings. The van der Waals surface area contributed by atoms with Gasteiger partial charge in [-0.05, 0) is 32.4 Å². The van der Waals surface area contributed by atoms with Crippen LogP contribution in [0.25, 0.3) is 11.3 Å². The molecule has 0 aliphatic carbocycles. The second-order valence-electron chi connectivity index (χ2n) is 4.68. The van der Waals surface area contributed by atoms with E-state index in [0.717, 1.165) is 30.0 Å². The first-order valence-electron chi connectivity index (χ1n) is 7.02. The van der Waals surface area contributed by atoms with Gasteiger partial charge in [-0.2, -0.15) is 4.98 Å². The molecule has 5 heteroatoms. The van der Waals surface area contributed by atoms with Crippen LogP contribution in [0.4, 0.5) is 11.8 Å². The van der Waals surface area contributed by atoms with Crippen LogP contribution in [0.5, 0.6) is 0 Å². The molecule has 1 atom stereocenters. The van der Waals surface area contributed by atoms with Gasteiger partial charge in [-0.3, -0.25) is 4.98 Å². The summed E-state index contributed by atoms with van der Waals surface area (Å²) in [5.41, 5.74) is 1.93. The Morgan fingerprint density at radius 1 is 1.15 bits per heavy atom. The monoisotopic (exact) mass is 271 g/mol. The fourth-order valence-corrected chi connectivity index (χ4v) is 1.78. The number of rotatable bonds is 6. The summed E-state index contributed by atoms with van der Waals surface area (Å²) in [6.45, 7) is 7.14. The SMILES string of the molecule is CCNc1cc(-c2ccncc2)nc(N[C@@H](C)CC)n1. The maximum absolute atomic E-state index is 4.58. The van der Waals surface area contributed by atoms with E-state index in [4.69, 9.17) is 0 Å². The van der Waals surface area contributed by atoms with Crippen molar-refractivity contribution >= 4 is 11.8 Å². The lowest BCUT2D eigenvalue weighted by Gasteiger charge is -2.14. The highest BCUT2D eigenvalue weighted by Gasteiger charge is 2.08. The van der Waals surface area contributed by atoms with Crippen molar-refractivity contribution in [3.05, 3.63) is 30.6 Å². The zero-order chi connectivity index (χ0) is 14.4. The van der Waals surface area contributed by atoms with Crippen molar-refractivity contribution in [1.82, 2.24) is 15.0 Å². The average Bonchev–Trinajstić information content (AvgIpc) is 2.48. The largest absolute Gasteiger partial charge is 0.370 e. The van der Waals surface area contributed by atoms with E-state index in [0.29, 0.717) is 12.0 Å². The Bertz CT molecular complexity index is 541. The molecule has 0 aliphatic rings. The Balaban J connectivity index is 2.35. The summed E-state index contributed by atoms with van der Waals surface area (Å²) in [7, 11) is 0. The van der Waals surface area contributed by atoms with Crippen LogP contribution in [-0.4, -0.2) is 27.5 Å². The summed E-state index contributed by atoms with van der Waals surface area (Å²) in [6.07, 6.45) is 4.57. The van der Waals surface area contributed by atoms with Gasteiger partial charge in [0, 0.05) is 36.6 Å². The van der Waals surface area contributed by atoms with E-state index in [-0.39, 0.29) is 0 Å². The van der Waals surface area contributed by atoms with Gasteiger partial charge in [0.05, 0.1) is 5.69 Å². The molecular formula is C15H21N5. The third-order valence-corrected chi connectivity index (χ3v) is 3.05. The lowest BCUT2D eigenvalue weighted by Crippen LogP contribution is -2.16. The van der Waals surface area contributed by atoms with Gasteiger partial charge in [0.1, 0.15) is 5.82 Å². The first-order valence-corrected chi connectivity index (χ1v) is 7.02. The van der Waals surface area contributed by atoms with Crippen LogP contribution in [0.1, 0.15) is 27.2 Å². The van der Waals surface area contributed by atoms with Gasteiger partial charge in [0.2, 0.25) is 5.95 Å². The van der Waals surface area contributed by atoms with E-state index in [1.54, 1.807) is 12.4 Å². The van der Waals surface area contributed by atoms with Crippen LogP contribution >= 0.6 is 0 Å². The van der Waals surface area contributed by atoms with E-state index in [1.807, 2.05) is 18.2 Å². The van der Waals surface area contributed by atoms with Crippen molar-refractivity contribution in [3.8, 4) is 11.3 Å². The minimum absolute atomic E-state index is 0.345. The molecule has 2 rings (SSSR count). The van der Waals surface area contributed by atoms with Crippen LogP contribution in [0.15, 0.2) is 30.6 Å². The lowest BCUT2D eigenvalue weighted by molar-refractivity contribution is 0.753. The molecule has 2 heterocycles. The Labute approximate surface area is 119 Å². The van der Waals surface area contributed by atoms with Gasteiger partial charge in [-0.15, -0.1) is 0 Å². The quantitative estimate of drug-likeness (QED) is 0.845. The molecule has 0 unspecified atom stereocenters. The molecule has 5 nitrogen and oxygen atoms in total. The number of hydrogen-bond acceptors (Lipinski definition) is 5. The molecule has 0 aliphatic heterocycles. The molecular weight excluding hydrogens is 250 g/mol. The molecule has 0 radical (unpaired) electrons. The fraction of sp³-hybridized carbons (Fsp3) is 0.400. The van der Waals surface area contributed by atoms with Crippen molar-refractivity contribution in [2.24, 2.45) is 0 Å². The number of anilines is 2. The van der Waals surface area contributed by atoms with Gasteiger partial charge in [0.25, 0.3) is 0 Å². The molecule has 0 spiro atoms. The highest BCUT2D eigenvalue weighted by atomic mass is 15.2. The smallest absolute Gasteiger partial charge is 0.225 e. The van der Waals surface area contributed by atoms with Crippen molar-refractivity contribution in [2.45, 2.75) is 33.2 Å². The Morgan fingerprint density at radius 2 is 1.90 bits per heavy atom. The predicted octanol–water partition coefficient (Wildman–Crippen LogP) is 3.18. The minimum atomic E-state index is 0.345. The third kappa shape index (κ3) is 3.66. The number of aromatic nitrogens is 3. The van der Waals surface area contributed by atoms with Gasteiger partial charge in [-0.1, -0.05) is 6.92 Å². The highest BCUT2D eigenvalue weighted by molar-refractivity contribution is 5.63. The zero-order valence-electron chi connectivity index (χ0n) is 12.2. The summed E-state index contributed by atoms with van der Waals surface area (Å²) in [6, 6.07) is 6.20. The first-order chi connectivity index (χ1) is 9.72. The summed E-state index contributed by atoms with van der Waals surface area (Å²) in [5.74, 6) is 1.49. The van der Waals surface area contributed by atoms with E-state index >= 15 is 0 Å². The molecule has 0 bridgehead atoms. The second kappa shape index (κ2) is 6.84. The lowest BCUT2D eigenvalue weighted by atomic mass is 10.2. The Kier molecular flexibility index (Phi) is 4.87. The Hall–Kier alpha value is -2.17. The molecule has 2 N–H and O–H groups in total. The Morgan fingerprint density at radius 3 is 2.55 bits per heavy atom. The standard InChI is InChI=1S/C15H21N5/c1-4-11(3)18-15-19-13(10-14(20-15)17-5-2)12-6-8-16-9-7-12/h6-11H,4-5H2,1-3H3,(H2,17,18,19,20)/t11-/m0/s1. The summed E-state index contributed by atoms with van der Waals surface area (Å²) >= 11 is 0. The topological polar surface area (TPSA) is 62.7 Å². The van der Waals surface area contributed by atoms with Crippen LogP contribution < -0.4 is 10.6 Å². The van der Waals surface area contributed by atoms with Crippen molar-refractivity contribution < 1.29 is 0 Å². The maximum atomic E-state index is 4.58. The summed E-state index contributed by atoms with van der Waals surface area (Å²) in [4.78, 5) is 13.1. The van der Waals surface area contributed by atoms with Gasteiger partial charge < -0.3 is 10.6 Å². The van der Waals surface area contributed by atoms with Gasteiger partial charge in [0.15, 0.2) is 0 Å². The molecule has 0 saturated carbocycles. The molecule has 0 amide bonds. The third-order valence-electron chi connectivity index (χ3n) is 3.05. The summed E-state index contributed by atoms with van der Waals surface area (Å²) < 4.78 is 0. The van der Waals surface area contributed by atoms with Crippen LogP contribution in [0, 0.1) is 0 Å². The molecule has 0 aromatic carbocycles. The van der Waals surface area contributed by atoms with Crippen LogP contribution in [0.2, 0.25) is 0 Å². The summed E-state index contributed by atoms with van der Waals surface area (Å²) in [5, 5.41) is 6.57. The number of nitrogens with zero attached hydrogens (tertiary/aromatic N) is 3. The minimum Gasteiger partial charge on any atom is -0.370 e. The van der Waals surface area contributed by atoms with Gasteiger partial charge in [-0.25, -0.2) is 4.98 Å². The fourth-order valence-electron chi connectivity index (χ4n) is 1.78. The molecule has 2 aromatic heterocycles.